The molecule has 226 valence electrons. The van der Waals surface area contributed by atoms with Gasteiger partial charge in [0.1, 0.15) is 0 Å². The molecule has 0 spiro atoms. The summed E-state index contributed by atoms with van der Waals surface area (Å²) < 4.78 is 0. The Morgan fingerprint density at radius 2 is 1.14 bits per heavy atom. The molecule has 0 nitrogen and oxygen atoms in total. The molecule has 6 rings (SSSR count). The van der Waals surface area contributed by atoms with Gasteiger partial charge in [0.05, 0.1) is 0 Å². The van der Waals surface area contributed by atoms with Crippen LogP contribution in [-0.4, -0.2) is 0 Å². The van der Waals surface area contributed by atoms with Crippen molar-refractivity contribution in [1.29, 1.82) is 0 Å². The summed E-state index contributed by atoms with van der Waals surface area (Å²) in [5.74, 6) is 1.25. The predicted molar refractivity (Wildman–Crippen MR) is 172 cm³/mol. The Bertz CT molecular complexity index is 1480. The predicted octanol–water partition coefficient (Wildman–Crippen LogP) is 5.12. The van der Waals surface area contributed by atoms with Crippen LogP contribution in [0.25, 0.3) is 11.1 Å². The van der Waals surface area contributed by atoms with Gasteiger partial charge in [-0.1, -0.05) is 154 Å². The van der Waals surface area contributed by atoms with E-state index in [4.69, 9.17) is 0 Å². The van der Waals surface area contributed by atoms with Gasteiger partial charge in [0.25, 0.3) is 0 Å². The van der Waals surface area contributed by atoms with Crippen molar-refractivity contribution in [2.24, 2.45) is 16.7 Å². The van der Waals surface area contributed by atoms with E-state index in [0.717, 1.165) is 0 Å². The first-order valence-corrected chi connectivity index (χ1v) is 15.4. The first-order valence-electron chi connectivity index (χ1n) is 15.4. The van der Waals surface area contributed by atoms with Crippen molar-refractivity contribution in [2.75, 3.05) is 0 Å². The van der Waals surface area contributed by atoms with E-state index >= 15 is 0 Å². The summed E-state index contributed by atoms with van der Waals surface area (Å²) in [7, 11) is 0. The van der Waals surface area contributed by atoms with E-state index in [1.54, 1.807) is 16.7 Å². The molecule has 0 aromatic heterocycles. The van der Waals surface area contributed by atoms with E-state index in [1.807, 2.05) is 0 Å². The molecule has 0 amide bonds. The summed E-state index contributed by atoms with van der Waals surface area (Å²) in [6, 6.07) is 26.1. The molecule has 0 radical (unpaired) electrons. The van der Waals surface area contributed by atoms with Gasteiger partial charge >= 0.3 is 26.2 Å². The molecule has 3 unspecified atom stereocenters. The zero-order chi connectivity index (χ0) is 28.8. The van der Waals surface area contributed by atoms with Crippen LogP contribution in [0, 0.1) is 16.7 Å². The smallest absolute Gasteiger partial charge is 1.00 e. The molecule has 3 aliphatic rings. The van der Waals surface area contributed by atoms with E-state index in [1.165, 1.54) is 39.8 Å². The SMILES string of the molecule is CC(C)(C)C1=CC2C(=C1)C(c1ccccc1)CC2(C)C1c2cc(C(C)(C)C)ccc2-c2ccc(C(C)(C)C)cc21.[Cl-].[Cl-].[Zr+2]. The molecule has 0 bridgehead atoms. The molecular formula is C40H48Cl2Zr. The Kier molecular flexibility index (Phi) is 10.1. The molecule has 3 aromatic carbocycles. The minimum Gasteiger partial charge on any atom is -1.00 e. The number of hydrogen-bond acceptors (Lipinski definition) is 0. The zero-order valence-corrected chi connectivity index (χ0v) is 31.7. The molecule has 3 heteroatoms. The molecule has 3 atom stereocenters. The average molecular weight is 691 g/mol. The van der Waals surface area contributed by atoms with Crippen molar-refractivity contribution < 1.29 is 51.0 Å². The van der Waals surface area contributed by atoms with E-state index < -0.39 is 0 Å². The van der Waals surface area contributed by atoms with Crippen LogP contribution >= 0.6 is 0 Å². The van der Waals surface area contributed by atoms with Crippen LogP contribution in [0.1, 0.15) is 115 Å². The quantitative estimate of drug-likeness (QED) is 0.351. The van der Waals surface area contributed by atoms with E-state index in [0.29, 0.717) is 17.8 Å². The number of fused-ring (bicyclic) bond motifs is 4. The number of halogens is 2. The molecule has 0 N–H and O–H groups in total. The van der Waals surface area contributed by atoms with Gasteiger partial charge in [-0.05, 0) is 72.6 Å². The number of hydrogen-bond donors (Lipinski definition) is 0. The molecular weight excluding hydrogens is 643 g/mol. The second-order valence-electron chi connectivity index (χ2n) is 16.2. The number of allylic oxidation sites excluding steroid dienone is 4. The van der Waals surface area contributed by atoms with Crippen LogP contribution in [0.3, 0.4) is 0 Å². The van der Waals surface area contributed by atoms with Gasteiger partial charge in [0.2, 0.25) is 0 Å². The minimum atomic E-state index is 0. The molecule has 0 heterocycles. The summed E-state index contributed by atoms with van der Waals surface area (Å²) in [5, 5.41) is 0. The fraction of sp³-hybridized carbons (Fsp3) is 0.450. The Balaban J connectivity index is 0.00000169. The minimum absolute atomic E-state index is 0. The van der Waals surface area contributed by atoms with Crippen molar-refractivity contribution >= 4 is 0 Å². The van der Waals surface area contributed by atoms with Crippen molar-refractivity contribution in [3.63, 3.8) is 0 Å². The molecule has 1 fully saturated rings. The second kappa shape index (κ2) is 12.1. The van der Waals surface area contributed by atoms with Crippen molar-refractivity contribution in [2.45, 2.75) is 98.3 Å². The van der Waals surface area contributed by atoms with Gasteiger partial charge in [-0.3, -0.25) is 0 Å². The summed E-state index contributed by atoms with van der Waals surface area (Å²) in [5.41, 5.74) is 13.9. The number of benzene rings is 3. The Morgan fingerprint density at radius 3 is 1.58 bits per heavy atom. The molecule has 0 saturated heterocycles. The first-order chi connectivity index (χ1) is 18.6. The van der Waals surface area contributed by atoms with Gasteiger partial charge in [-0.25, -0.2) is 0 Å². The third kappa shape index (κ3) is 6.10. The summed E-state index contributed by atoms with van der Waals surface area (Å²) in [6.45, 7) is 23.8. The molecule has 43 heavy (non-hydrogen) atoms. The summed E-state index contributed by atoms with van der Waals surface area (Å²) in [4.78, 5) is 0. The van der Waals surface area contributed by atoms with Gasteiger partial charge in [0, 0.05) is 17.8 Å². The van der Waals surface area contributed by atoms with Crippen LogP contribution in [0.4, 0.5) is 0 Å². The van der Waals surface area contributed by atoms with Crippen LogP contribution in [-0.2, 0) is 37.0 Å². The average Bonchev–Trinajstić information content (AvgIpc) is 3.53. The number of rotatable bonds is 2. The van der Waals surface area contributed by atoms with Crippen LogP contribution in [0.15, 0.2) is 90.0 Å². The fourth-order valence-corrected chi connectivity index (χ4v) is 7.83. The van der Waals surface area contributed by atoms with Crippen LogP contribution in [0.2, 0.25) is 0 Å². The largest absolute Gasteiger partial charge is 2.00 e. The molecule has 3 aliphatic carbocycles. The Hall–Kier alpha value is -1.40. The van der Waals surface area contributed by atoms with Crippen LogP contribution in [0.5, 0.6) is 0 Å². The topological polar surface area (TPSA) is 0 Å². The van der Waals surface area contributed by atoms with Crippen molar-refractivity contribution in [1.82, 2.24) is 0 Å². The third-order valence-corrected chi connectivity index (χ3v) is 10.3. The summed E-state index contributed by atoms with van der Waals surface area (Å²) >= 11 is 0. The Labute approximate surface area is 293 Å². The van der Waals surface area contributed by atoms with Crippen LogP contribution < -0.4 is 24.8 Å². The van der Waals surface area contributed by atoms with E-state index in [2.05, 4.69) is 148 Å². The first kappa shape index (κ1) is 36.1. The summed E-state index contributed by atoms with van der Waals surface area (Å²) in [6.07, 6.45) is 6.42. The standard InChI is InChI=1S/C40H48.2ClH.Zr/c1-37(2,3)26-16-18-29-30-19-17-27(38(4,5)6)21-33(30)36(32(29)20-26)40(10)24-34(25-14-12-11-13-15-25)31-22-28(23-35(31)40)39(7,8)9;;;/h11-23,34-36H,24H2,1-10H3;2*1H;/q;;;+2/p-2. The third-order valence-electron chi connectivity index (χ3n) is 10.3. The van der Waals surface area contributed by atoms with Gasteiger partial charge in [-0.15, -0.1) is 0 Å². The maximum absolute atomic E-state index is 2.66. The normalized spacial score (nSPS) is 22.7. The monoisotopic (exact) mass is 688 g/mol. The Morgan fingerprint density at radius 1 is 0.651 bits per heavy atom. The molecule has 0 aliphatic heterocycles. The van der Waals surface area contributed by atoms with Crippen molar-refractivity contribution in [3.05, 3.63) is 118 Å². The van der Waals surface area contributed by atoms with E-state index in [-0.39, 0.29) is 72.7 Å². The van der Waals surface area contributed by atoms with E-state index in [9.17, 15) is 0 Å². The van der Waals surface area contributed by atoms with Crippen molar-refractivity contribution in [3.8, 4) is 11.1 Å². The molecule has 3 aromatic rings. The van der Waals surface area contributed by atoms with Gasteiger partial charge in [0.15, 0.2) is 0 Å². The molecule has 1 saturated carbocycles. The second-order valence-corrected chi connectivity index (χ2v) is 16.2. The fourth-order valence-electron chi connectivity index (χ4n) is 7.83. The maximum Gasteiger partial charge on any atom is 2.00 e. The zero-order valence-electron chi connectivity index (χ0n) is 27.7. The van der Waals surface area contributed by atoms with Gasteiger partial charge < -0.3 is 24.8 Å². The maximum atomic E-state index is 2.66. The van der Waals surface area contributed by atoms with Gasteiger partial charge in [-0.2, -0.15) is 0 Å².